The van der Waals surface area contributed by atoms with Crippen LogP contribution in [0.4, 0.5) is 10.1 Å². The molecule has 0 saturated carbocycles. The highest BCUT2D eigenvalue weighted by molar-refractivity contribution is 6.05. The summed E-state index contributed by atoms with van der Waals surface area (Å²) in [6.07, 6.45) is 0. The molecule has 4 heteroatoms. The molecule has 0 bridgehead atoms. The summed E-state index contributed by atoms with van der Waals surface area (Å²) in [4.78, 5) is 12.2. The zero-order valence-electron chi connectivity index (χ0n) is 12.2. The fourth-order valence-electron chi connectivity index (χ4n) is 2.11. The molecule has 0 heterocycles. The summed E-state index contributed by atoms with van der Waals surface area (Å²) in [5.74, 6) is -0.565. The van der Waals surface area contributed by atoms with Crippen LogP contribution < -0.4 is 10.6 Å². The van der Waals surface area contributed by atoms with Crippen molar-refractivity contribution in [1.82, 2.24) is 5.32 Å². The number of nitrogens with one attached hydrogen (secondary N) is 2. The molecule has 21 heavy (non-hydrogen) atoms. The van der Waals surface area contributed by atoms with Crippen LogP contribution in [0.15, 0.2) is 42.5 Å². The number of hydrogen-bond donors (Lipinski definition) is 2. The summed E-state index contributed by atoms with van der Waals surface area (Å²) in [5, 5.41) is 6.08. The Morgan fingerprint density at radius 1 is 1.19 bits per heavy atom. The normalized spacial score (nSPS) is 10.4. The number of benzene rings is 2. The first kappa shape index (κ1) is 15.2. The van der Waals surface area contributed by atoms with Crippen LogP contribution in [-0.2, 0) is 6.54 Å². The van der Waals surface area contributed by atoms with Gasteiger partial charge < -0.3 is 10.6 Å². The van der Waals surface area contributed by atoms with Gasteiger partial charge in [0, 0.05) is 17.8 Å². The lowest BCUT2D eigenvalue weighted by molar-refractivity contribution is 0.102. The number of amides is 1. The van der Waals surface area contributed by atoms with Gasteiger partial charge in [0.25, 0.3) is 5.91 Å². The van der Waals surface area contributed by atoms with Gasteiger partial charge in [0.05, 0.1) is 0 Å². The second-order valence-electron chi connectivity index (χ2n) is 4.89. The third-order valence-corrected chi connectivity index (χ3v) is 3.20. The van der Waals surface area contributed by atoms with E-state index < -0.39 is 0 Å². The Labute approximate surface area is 124 Å². The topological polar surface area (TPSA) is 41.1 Å². The van der Waals surface area contributed by atoms with Crippen molar-refractivity contribution in [3.63, 3.8) is 0 Å². The fourth-order valence-corrected chi connectivity index (χ4v) is 2.11. The van der Waals surface area contributed by atoms with Crippen molar-refractivity contribution in [2.45, 2.75) is 20.4 Å². The minimum Gasteiger partial charge on any atom is -0.322 e. The minimum absolute atomic E-state index is 0.229. The Bertz CT molecular complexity index is 640. The van der Waals surface area contributed by atoms with E-state index in [2.05, 4.69) is 10.6 Å². The molecule has 0 aliphatic heterocycles. The van der Waals surface area contributed by atoms with E-state index in [1.54, 1.807) is 6.92 Å². The maximum atomic E-state index is 13.1. The summed E-state index contributed by atoms with van der Waals surface area (Å²) in [7, 11) is 0. The van der Waals surface area contributed by atoms with Crippen molar-refractivity contribution < 1.29 is 9.18 Å². The molecule has 0 aromatic heterocycles. The molecule has 2 N–H and O–H groups in total. The number of carbonyl (C=O) groups is 1. The van der Waals surface area contributed by atoms with E-state index in [9.17, 15) is 9.18 Å². The summed E-state index contributed by atoms with van der Waals surface area (Å²) in [6, 6.07) is 11.8. The molecule has 1 amide bonds. The molecule has 0 aliphatic rings. The van der Waals surface area contributed by atoms with E-state index in [1.165, 1.54) is 18.2 Å². The van der Waals surface area contributed by atoms with Crippen LogP contribution >= 0.6 is 0 Å². The van der Waals surface area contributed by atoms with Gasteiger partial charge in [-0.1, -0.05) is 19.1 Å². The van der Waals surface area contributed by atoms with Crippen LogP contribution in [0.3, 0.4) is 0 Å². The Kier molecular flexibility index (Phi) is 5.06. The monoisotopic (exact) mass is 286 g/mol. The fraction of sp³-hybridized carbons (Fsp3) is 0.235. The van der Waals surface area contributed by atoms with Gasteiger partial charge in [-0.15, -0.1) is 0 Å². The second-order valence-corrected chi connectivity index (χ2v) is 4.89. The average molecular weight is 286 g/mol. The van der Waals surface area contributed by atoms with Crippen LogP contribution in [-0.4, -0.2) is 12.5 Å². The highest BCUT2D eigenvalue weighted by atomic mass is 19.1. The molecule has 110 valence electrons. The lowest BCUT2D eigenvalue weighted by Gasteiger charge is -2.09. The zero-order valence-corrected chi connectivity index (χ0v) is 12.2. The van der Waals surface area contributed by atoms with Gasteiger partial charge in [-0.2, -0.15) is 0 Å². The van der Waals surface area contributed by atoms with Crippen LogP contribution in [0, 0.1) is 12.7 Å². The number of anilines is 1. The maximum absolute atomic E-state index is 13.1. The Balaban J connectivity index is 2.12. The van der Waals surface area contributed by atoms with Gasteiger partial charge in [-0.3, -0.25) is 4.79 Å². The molecule has 0 radical (unpaired) electrons. The summed E-state index contributed by atoms with van der Waals surface area (Å²) in [6.45, 7) is 5.42. The molecular weight excluding hydrogens is 267 g/mol. The lowest BCUT2D eigenvalue weighted by Crippen LogP contribution is -2.15. The van der Waals surface area contributed by atoms with E-state index in [4.69, 9.17) is 0 Å². The molecule has 2 rings (SSSR count). The van der Waals surface area contributed by atoms with E-state index in [0.29, 0.717) is 11.1 Å². The minimum atomic E-state index is -0.336. The number of halogens is 1. The van der Waals surface area contributed by atoms with Gasteiger partial charge in [0.1, 0.15) is 5.82 Å². The van der Waals surface area contributed by atoms with Gasteiger partial charge in [-0.25, -0.2) is 4.39 Å². The largest absolute Gasteiger partial charge is 0.322 e. The summed E-state index contributed by atoms with van der Waals surface area (Å²) < 4.78 is 13.1. The van der Waals surface area contributed by atoms with Crippen molar-refractivity contribution in [2.24, 2.45) is 0 Å². The van der Waals surface area contributed by atoms with Gasteiger partial charge >= 0.3 is 0 Å². The van der Waals surface area contributed by atoms with Crippen molar-refractivity contribution in [3.05, 3.63) is 65.0 Å². The maximum Gasteiger partial charge on any atom is 0.255 e. The molecule has 2 aromatic rings. The molecule has 0 atom stereocenters. The zero-order chi connectivity index (χ0) is 15.2. The third kappa shape index (κ3) is 4.13. The predicted molar refractivity (Wildman–Crippen MR) is 82.9 cm³/mol. The van der Waals surface area contributed by atoms with Crippen LogP contribution in [0.5, 0.6) is 0 Å². The highest BCUT2D eigenvalue weighted by Crippen LogP contribution is 2.15. The van der Waals surface area contributed by atoms with Crippen molar-refractivity contribution in [2.75, 3.05) is 11.9 Å². The first-order valence-electron chi connectivity index (χ1n) is 6.97. The predicted octanol–water partition coefficient (Wildman–Crippen LogP) is 3.50. The number of carbonyl (C=O) groups excluding carboxylic acids is 1. The summed E-state index contributed by atoms with van der Waals surface area (Å²) in [5.41, 5.74) is 2.94. The van der Waals surface area contributed by atoms with Crippen LogP contribution in [0.1, 0.15) is 28.4 Å². The highest BCUT2D eigenvalue weighted by Gasteiger charge is 2.10. The van der Waals surface area contributed by atoms with E-state index in [1.807, 2.05) is 31.2 Å². The molecule has 0 unspecified atom stereocenters. The number of hydrogen-bond acceptors (Lipinski definition) is 2. The number of rotatable bonds is 5. The lowest BCUT2D eigenvalue weighted by atomic mass is 10.1. The quantitative estimate of drug-likeness (QED) is 0.883. The van der Waals surface area contributed by atoms with Gasteiger partial charge in [0.2, 0.25) is 0 Å². The molecule has 2 aromatic carbocycles. The molecule has 3 nitrogen and oxygen atoms in total. The Morgan fingerprint density at radius 2 is 2.00 bits per heavy atom. The van der Waals surface area contributed by atoms with Crippen molar-refractivity contribution in [3.8, 4) is 0 Å². The second kappa shape index (κ2) is 6.99. The standard InChI is InChI=1S/C17H19FN2O/c1-3-19-11-13-5-4-6-15(10-13)20-17(21)16-8-7-14(18)9-12(16)2/h4-10,19H,3,11H2,1-2H3,(H,20,21). The van der Waals surface area contributed by atoms with Crippen LogP contribution in [0.25, 0.3) is 0 Å². The van der Waals surface area contributed by atoms with E-state index in [-0.39, 0.29) is 11.7 Å². The first-order chi connectivity index (χ1) is 10.1. The van der Waals surface area contributed by atoms with Gasteiger partial charge in [-0.05, 0) is 54.9 Å². The molecule has 0 spiro atoms. The van der Waals surface area contributed by atoms with E-state index in [0.717, 1.165) is 24.3 Å². The Morgan fingerprint density at radius 3 is 2.71 bits per heavy atom. The smallest absolute Gasteiger partial charge is 0.255 e. The average Bonchev–Trinajstić information content (AvgIpc) is 2.45. The third-order valence-electron chi connectivity index (χ3n) is 3.20. The number of aryl methyl sites for hydroxylation is 1. The Hall–Kier alpha value is -2.20. The molecule has 0 saturated heterocycles. The van der Waals surface area contributed by atoms with Crippen molar-refractivity contribution in [1.29, 1.82) is 0 Å². The first-order valence-corrected chi connectivity index (χ1v) is 6.97. The molecule has 0 aliphatic carbocycles. The molecule has 0 fully saturated rings. The van der Waals surface area contributed by atoms with Gasteiger partial charge in [0.15, 0.2) is 0 Å². The SMILES string of the molecule is CCNCc1cccc(NC(=O)c2ccc(F)cc2C)c1. The van der Waals surface area contributed by atoms with E-state index >= 15 is 0 Å². The van der Waals surface area contributed by atoms with Crippen molar-refractivity contribution >= 4 is 11.6 Å². The van der Waals surface area contributed by atoms with Crippen LogP contribution in [0.2, 0.25) is 0 Å². The summed E-state index contributed by atoms with van der Waals surface area (Å²) >= 11 is 0. The molecular formula is C17H19FN2O.